The molecule has 1 aromatic carbocycles. The summed E-state index contributed by atoms with van der Waals surface area (Å²) in [7, 11) is 0. The van der Waals surface area contributed by atoms with Crippen molar-refractivity contribution in [2.45, 2.75) is 12.5 Å². The first kappa shape index (κ1) is 14.5. The largest absolute Gasteiger partial charge is 0.507 e. The van der Waals surface area contributed by atoms with Crippen LogP contribution in [0.3, 0.4) is 0 Å². The zero-order valence-electron chi connectivity index (χ0n) is 10.8. The number of aromatic hydroxyl groups is 1. The highest BCUT2D eigenvalue weighted by Crippen LogP contribution is 2.23. The van der Waals surface area contributed by atoms with E-state index in [1.165, 1.54) is 17.4 Å². The summed E-state index contributed by atoms with van der Waals surface area (Å²) in [6.45, 7) is 1.57. The minimum atomic E-state index is -1.20. The van der Waals surface area contributed by atoms with Crippen LogP contribution < -0.4 is 5.32 Å². The van der Waals surface area contributed by atoms with Crippen molar-refractivity contribution in [1.82, 2.24) is 5.32 Å². The first-order valence-electron chi connectivity index (χ1n) is 5.92. The molecule has 6 heteroatoms. The van der Waals surface area contributed by atoms with Crippen molar-refractivity contribution in [3.8, 4) is 5.75 Å². The molecule has 1 unspecified atom stereocenters. The van der Waals surface area contributed by atoms with E-state index in [1.807, 2.05) is 5.38 Å². The monoisotopic (exact) mass is 295 g/mol. The number of phenolic OH excluding ortho intramolecular Hbond substituents is 1. The van der Waals surface area contributed by atoms with Gasteiger partial charge in [0.1, 0.15) is 17.2 Å². The fourth-order valence-corrected chi connectivity index (χ4v) is 2.50. The van der Waals surface area contributed by atoms with E-state index in [0.29, 0.717) is 5.56 Å². The third kappa shape index (κ3) is 3.15. The smallest absolute Gasteiger partial charge is 0.255 e. The van der Waals surface area contributed by atoms with Crippen molar-refractivity contribution in [2.75, 3.05) is 6.54 Å². The highest BCUT2D eigenvalue weighted by molar-refractivity contribution is 7.08. The Bertz CT molecular complexity index is 611. The number of phenols is 1. The zero-order chi connectivity index (χ0) is 14.8. The van der Waals surface area contributed by atoms with Gasteiger partial charge in [-0.3, -0.25) is 4.79 Å². The van der Waals surface area contributed by atoms with Gasteiger partial charge in [0.05, 0.1) is 12.1 Å². The van der Waals surface area contributed by atoms with Crippen LogP contribution in [0.5, 0.6) is 5.75 Å². The summed E-state index contributed by atoms with van der Waals surface area (Å²) in [6.07, 6.45) is 0. The minimum absolute atomic E-state index is 0.0145. The molecule has 0 radical (unpaired) electrons. The van der Waals surface area contributed by atoms with Crippen LogP contribution in [0.4, 0.5) is 4.39 Å². The molecule has 20 heavy (non-hydrogen) atoms. The maximum atomic E-state index is 12.8. The van der Waals surface area contributed by atoms with Crippen LogP contribution >= 0.6 is 11.3 Å². The molecule has 2 rings (SSSR count). The van der Waals surface area contributed by atoms with Gasteiger partial charge in [0.2, 0.25) is 0 Å². The Labute approximate surface area is 119 Å². The Balaban J connectivity index is 2.05. The van der Waals surface area contributed by atoms with E-state index in [4.69, 9.17) is 0 Å². The van der Waals surface area contributed by atoms with Crippen molar-refractivity contribution in [2.24, 2.45) is 0 Å². The SMILES string of the molecule is CC(O)(CNC(=O)c1ccc(F)cc1O)c1ccsc1. The number of rotatable bonds is 4. The van der Waals surface area contributed by atoms with Crippen LogP contribution in [0, 0.1) is 5.82 Å². The van der Waals surface area contributed by atoms with Gasteiger partial charge in [0, 0.05) is 6.07 Å². The van der Waals surface area contributed by atoms with Gasteiger partial charge < -0.3 is 15.5 Å². The molecule has 1 amide bonds. The number of thiophene rings is 1. The molecule has 0 aliphatic carbocycles. The van der Waals surface area contributed by atoms with Gasteiger partial charge in [-0.05, 0) is 41.4 Å². The molecule has 4 nitrogen and oxygen atoms in total. The number of amides is 1. The van der Waals surface area contributed by atoms with Gasteiger partial charge in [-0.15, -0.1) is 0 Å². The molecule has 0 saturated carbocycles. The van der Waals surface area contributed by atoms with E-state index in [9.17, 15) is 19.4 Å². The number of benzene rings is 1. The molecule has 2 aromatic rings. The number of hydrogen-bond donors (Lipinski definition) is 3. The predicted octanol–water partition coefficient (Wildman–Crippen LogP) is 2.23. The molecule has 3 N–H and O–H groups in total. The van der Waals surface area contributed by atoms with E-state index >= 15 is 0 Å². The lowest BCUT2D eigenvalue weighted by atomic mass is 9.99. The highest BCUT2D eigenvalue weighted by Gasteiger charge is 2.25. The van der Waals surface area contributed by atoms with E-state index in [1.54, 1.807) is 18.4 Å². The number of halogens is 1. The first-order chi connectivity index (χ1) is 9.40. The predicted molar refractivity (Wildman–Crippen MR) is 74.3 cm³/mol. The molecular formula is C14H14FNO3S. The number of hydrogen-bond acceptors (Lipinski definition) is 4. The number of nitrogens with one attached hydrogen (secondary N) is 1. The lowest BCUT2D eigenvalue weighted by molar-refractivity contribution is 0.0529. The number of carbonyl (C=O) groups excluding carboxylic acids is 1. The normalized spacial score (nSPS) is 13.8. The second kappa shape index (κ2) is 5.60. The summed E-state index contributed by atoms with van der Waals surface area (Å²) in [4.78, 5) is 11.9. The maximum Gasteiger partial charge on any atom is 0.255 e. The van der Waals surface area contributed by atoms with Crippen LogP contribution in [-0.2, 0) is 5.60 Å². The molecule has 106 valence electrons. The summed E-state index contributed by atoms with van der Waals surface area (Å²) in [6, 6.07) is 4.92. The third-order valence-corrected chi connectivity index (χ3v) is 3.62. The van der Waals surface area contributed by atoms with Crippen LogP contribution in [0.2, 0.25) is 0 Å². The van der Waals surface area contributed by atoms with Gasteiger partial charge in [-0.2, -0.15) is 11.3 Å². The van der Waals surface area contributed by atoms with Crippen LogP contribution in [0.1, 0.15) is 22.8 Å². The van der Waals surface area contributed by atoms with Crippen molar-refractivity contribution < 1.29 is 19.4 Å². The highest BCUT2D eigenvalue weighted by atomic mass is 32.1. The fourth-order valence-electron chi connectivity index (χ4n) is 1.72. The molecule has 0 saturated heterocycles. The quantitative estimate of drug-likeness (QED) is 0.810. The Morgan fingerprint density at radius 3 is 2.80 bits per heavy atom. The molecular weight excluding hydrogens is 281 g/mol. The van der Waals surface area contributed by atoms with Gasteiger partial charge >= 0.3 is 0 Å². The summed E-state index contributed by atoms with van der Waals surface area (Å²) in [5.74, 6) is -1.62. The van der Waals surface area contributed by atoms with Gasteiger partial charge in [0.15, 0.2) is 0 Å². The lowest BCUT2D eigenvalue weighted by Crippen LogP contribution is -2.38. The zero-order valence-corrected chi connectivity index (χ0v) is 11.6. The van der Waals surface area contributed by atoms with E-state index in [0.717, 1.165) is 12.1 Å². The van der Waals surface area contributed by atoms with Gasteiger partial charge in [0.25, 0.3) is 5.91 Å². The van der Waals surface area contributed by atoms with Crippen molar-refractivity contribution >= 4 is 17.2 Å². The second-order valence-electron chi connectivity index (χ2n) is 4.63. The molecule has 0 aliphatic heterocycles. The van der Waals surface area contributed by atoms with E-state index in [2.05, 4.69) is 5.32 Å². The Kier molecular flexibility index (Phi) is 4.06. The van der Waals surface area contributed by atoms with Crippen LogP contribution in [0.15, 0.2) is 35.0 Å². The van der Waals surface area contributed by atoms with Gasteiger partial charge in [-0.1, -0.05) is 0 Å². The average molecular weight is 295 g/mol. The minimum Gasteiger partial charge on any atom is -0.507 e. The lowest BCUT2D eigenvalue weighted by Gasteiger charge is -2.22. The van der Waals surface area contributed by atoms with Crippen LogP contribution in [-0.4, -0.2) is 22.7 Å². The molecule has 0 bridgehead atoms. The number of aliphatic hydroxyl groups is 1. The Morgan fingerprint density at radius 2 is 2.20 bits per heavy atom. The van der Waals surface area contributed by atoms with Crippen molar-refractivity contribution in [3.05, 3.63) is 52.0 Å². The molecule has 1 atom stereocenters. The summed E-state index contributed by atoms with van der Waals surface area (Å²) in [5, 5.41) is 25.9. The van der Waals surface area contributed by atoms with Crippen molar-refractivity contribution in [1.29, 1.82) is 0 Å². The van der Waals surface area contributed by atoms with E-state index < -0.39 is 23.1 Å². The maximum absolute atomic E-state index is 12.8. The van der Waals surface area contributed by atoms with E-state index in [-0.39, 0.29) is 12.1 Å². The molecule has 0 aliphatic rings. The standard InChI is InChI=1S/C14H14FNO3S/c1-14(19,9-4-5-20-7-9)8-16-13(18)11-3-2-10(15)6-12(11)17/h2-7,17,19H,8H2,1H3,(H,16,18). The topological polar surface area (TPSA) is 69.6 Å². The van der Waals surface area contributed by atoms with Crippen LogP contribution in [0.25, 0.3) is 0 Å². The third-order valence-electron chi connectivity index (χ3n) is 2.94. The summed E-state index contributed by atoms with van der Waals surface area (Å²) >= 11 is 1.45. The first-order valence-corrected chi connectivity index (χ1v) is 6.86. The number of carbonyl (C=O) groups is 1. The Morgan fingerprint density at radius 1 is 1.45 bits per heavy atom. The van der Waals surface area contributed by atoms with Gasteiger partial charge in [-0.25, -0.2) is 4.39 Å². The second-order valence-corrected chi connectivity index (χ2v) is 5.41. The molecule has 1 aromatic heterocycles. The Hall–Kier alpha value is -1.92. The average Bonchev–Trinajstić information content (AvgIpc) is 2.90. The molecule has 0 spiro atoms. The molecule has 1 heterocycles. The summed E-state index contributed by atoms with van der Waals surface area (Å²) in [5.41, 5.74) is -0.538. The van der Waals surface area contributed by atoms with Crippen molar-refractivity contribution in [3.63, 3.8) is 0 Å². The summed E-state index contributed by atoms with van der Waals surface area (Å²) < 4.78 is 12.8. The molecule has 0 fully saturated rings. The fraction of sp³-hybridized carbons (Fsp3) is 0.214.